The molecule has 1 fully saturated rings. The molecule has 0 aliphatic carbocycles. The van der Waals surface area contributed by atoms with E-state index in [2.05, 4.69) is 17.5 Å². The molecule has 0 amide bonds. The van der Waals surface area contributed by atoms with Crippen molar-refractivity contribution in [1.82, 2.24) is 4.98 Å². The lowest BCUT2D eigenvalue weighted by Gasteiger charge is -2.33. The number of aromatic nitrogens is 1. The maximum atomic E-state index is 5.78. The van der Waals surface area contributed by atoms with Crippen molar-refractivity contribution in [2.75, 3.05) is 20.3 Å². The quantitative estimate of drug-likeness (QED) is 0.859. The van der Waals surface area contributed by atoms with Gasteiger partial charge in [0.2, 0.25) is 0 Å². The first kappa shape index (κ1) is 12.8. The molecule has 0 saturated carbocycles. The summed E-state index contributed by atoms with van der Waals surface area (Å²) in [6.45, 7) is 1.49. The molecule has 100 valence electrons. The third kappa shape index (κ3) is 2.43. The summed E-state index contributed by atoms with van der Waals surface area (Å²) in [4.78, 5) is 4.79. The molecule has 1 saturated heterocycles. The number of thiazole rings is 1. The fourth-order valence-electron chi connectivity index (χ4n) is 2.43. The Bertz CT molecular complexity index is 532. The Labute approximate surface area is 117 Å². The lowest BCUT2D eigenvalue weighted by molar-refractivity contribution is -0.0947. The molecule has 0 N–H and O–H groups in total. The molecule has 1 aliphatic heterocycles. The van der Waals surface area contributed by atoms with Gasteiger partial charge in [0.1, 0.15) is 10.6 Å². The van der Waals surface area contributed by atoms with E-state index in [0.717, 1.165) is 42.3 Å². The number of nitrogens with zero attached hydrogens (tertiary/aromatic N) is 1. The van der Waals surface area contributed by atoms with Gasteiger partial charge in [0.05, 0.1) is 5.69 Å². The van der Waals surface area contributed by atoms with Gasteiger partial charge in [-0.25, -0.2) is 4.98 Å². The van der Waals surface area contributed by atoms with E-state index >= 15 is 0 Å². The van der Waals surface area contributed by atoms with Crippen molar-refractivity contribution >= 4 is 11.3 Å². The molecular formula is C15H17NO2S. The van der Waals surface area contributed by atoms with Crippen molar-refractivity contribution in [3.8, 4) is 11.3 Å². The summed E-state index contributed by atoms with van der Waals surface area (Å²) in [5.74, 6) is 0. The van der Waals surface area contributed by atoms with Crippen molar-refractivity contribution < 1.29 is 9.47 Å². The number of methoxy groups -OCH3 is 1. The van der Waals surface area contributed by atoms with Gasteiger partial charge in [-0.3, -0.25) is 0 Å². The minimum absolute atomic E-state index is 0.254. The second-order valence-corrected chi connectivity index (χ2v) is 5.57. The highest BCUT2D eigenvalue weighted by molar-refractivity contribution is 7.10. The predicted molar refractivity (Wildman–Crippen MR) is 76.3 cm³/mol. The van der Waals surface area contributed by atoms with Gasteiger partial charge in [-0.1, -0.05) is 30.3 Å². The van der Waals surface area contributed by atoms with Gasteiger partial charge in [0.25, 0.3) is 0 Å². The second-order valence-electron chi connectivity index (χ2n) is 4.71. The van der Waals surface area contributed by atoms with E-state index in [-0.39, 0.29) is 5.60 Å². The number of benzene rings is 1. The van der Waals surface area contributed by atoms with Crippen LogP contribution in [0.5, 0.6) is 0 Å². The summed E-state index contributed by atoms with van der Waals surface area (Å²) in [6, 6.07) is 10.3. The SMILES string of the molecule is COC1(c2nc(-c3ccccc3)cs2)CCOCC1. The summed E-state index contributed by atoms with van der Waals surface area (Å²) < 4.78 is 11.2. The molecule has 0 spiro atoms. The third-order valence-corrected chi connectivity index (χ3v) is 4.68. The minimum Gasteiger partial charge on any atom is -0.381 e. The first-order valence-corrected chi connectivity index (χ1v) is 7.36. The molecule has 0 radical (unpaired) electrons. The third-order valence-electron chi connectivity index (χ3n) is 3.65. The molecular weight excluding hydrogens is 258 g/mol. The fourth-order valence-corrected chi connectivity index (χ4v) is 3.50. The van der Waals surface area contributed by atoms with Gasteiger partial charge in [-0.2, -0.15) is 0 Å². The van der Waals surface area contributed by atoms with Crippen LogP contribution in [0.1, 0.15) is 17.8 Å². The summed E-state index contributed by atoms with van der Waals surface area (Å²) in [7, 11) is 1.77. The minimum atomic E-state index is -0.254. The molecule has 2 heterocycles. The summed E-state index contributed by atoms with van der Waals surface area (Å²) >= 11 is 1.68. The zero-order valence-electron chi connectivity index (χ0n) is 11.0. The Morgan fingerprint density at radius 1 is 1.21 bits per heavy atom. The number of ether oxygens (including phenoxy) is 2. The average Bonchev–Trinajstić information content (AvgIpc) is 2.99. The number of hydrogen-bond acceptors (Lipinski definition) is 4. The Morgan fingerprint density at radius 2 is 1.95 bits per heavy atom. The fraction of sp³-hybridized carbons (Fsp3) is 0.400. The van der Waals surface area contributed by atoms with E-state index < -0.39 is 0 Å². The molecule has 1 aromatic heterocycles. The maximum absolute atomic E-state index is 5.78. The molecule has 3 rings (SSSR count). The van der Waals surface area contributed by atoms with Crippen LogP contribution in [-0.2, 0) is 15.1 Å². The van der Waals surface area contributed by atoms with Crippen molar-refractivity contribution in [3.05, 3.63) is 40.7 Å². The number of hydrogen-bond donors (Lipinski definition) is 0. The smallest absolute Gasteiger partial charge is 0.125 e. The lowest BCUT2D eigenvalue weighted by Crippen LogP contribution is -2.35. The van der Waals surface area contributed by atoms with E-state index in [9.17, 15) is 0 Å². The van der Waals surface area contributed by atoms with Crippen molar-refractivity contribution in [2.45, 2.75) is 18.4 Å². The molecule has 1 aliphatic rings. The number of rotatable bonds is 3. The first-order chi connectivity index (χ1) is 9.34. The van der Waals surface area contributed by atoms with Crippen LogP contribution in [0.25, 0.3) is 11.3 Å². The Morgan fingerprint density at radius 3 is 2.63 bits per heavy atom. The van der Waals surface area contributed by atoms with E-state index in [1.165, 1.54) is 0 Å². The lowest BCUT2D eigenvalue weighted by atomic mass is 9.95. The van der Waals surface area contributed by atoms with Gasteiger partial charge in [-0.05, 0) is 0 Å². The van der Waals surface area contributed by atoms with Gasteiger partial charge < -0.3 is 9.47 Å². The van der Waals surface area contributed by atoms with E-state index in [0.29, 0.717) is 0 Å². The molecule has 4 heteroatoms. The van der Waals surface area contributed by atoms with Crippen LogP contribution in [0.4, 0.5) is 0 Å². The zero-order valence-corrected chi connectivity index (χ0v) is 11.8. The van der Waals surface area contributed by atoms with Gasteiger partial charge in [0.15, 0.2) is 0 Å². The van der Waals surface area contributed by atoms with Crippen LogP contribution < -0.4 is 0 Å². The van der Waals surface area contributed by atoms with Gasteiger partial charge in [0, 0.05) is 44.1 Å². The molecule has 1 aromatic carbocycles. The van der Waals surface area contributed by atoms with Gasteiger partial charge in [-0.15, -0.1) is 11.3 Å². The Balaban J connectivity index is 1.92. The summed E-state index contributed by atoms with van der Waals surface area (Å²) in [5, 5.41) is 3.18. The van der Waals surface area contributed by atoms with Crippen LogP contribution in [0.2, 0.25) is 0 Å². The van der Waals surface area contributed by atoms with Crippen molar-refractivity contribution in [1.29, 1.82) is 0 Å². The summed E-state index contributed by atoms with van der Waals surface area (Å²) in [5.41, 5.74) is 1.93. The molecule has 0 bridgehead atoms. The van der Waals surface area contributed by atoms with E-state index in [1.807, 2.05) is 18.2 Å². The van der Waals surface area contributed by atoms with Crippen molar-refractivity contribution in [2.24, 2.45) is 0 Å². The highest BCUT2D eigenvalue weighted by Gasteiger charge is 2.37. The standard InChI is InChI=1S/C15H17NO2S/c1-17-15(7-9-18-10-8-15)14-16-13(11-19-14)12-5-3-2-4-6-12/h2-6,11H,7-10H2,1H3. The summed E-state index contributed by atoms with van der Waals surface area (Å²) in [6.07, 6.45) is 1.76. The predicted octanol–water partition coefficient (Wildman–Crippen LogP) is 3.46. The highest BCUT2D eigenvalue weighted by Crippen LogP contribution is 2.38. The monoisotopic (exact) mass is 275 g/mol. The Kier molecular flexibility index (Phi) is 3.64. The van der Waals surface area contributed by atoms with Crippen molar-refractivity contribution in [3.63, 3.8) is 0 Å². The topological polar surface area (TPSA) is 31.4 Å². The maximum Gasteiger partial charge on any atom is 0.125 e. The molecule has 19 heavy (non-hydrogen) atoms. The van der Waals surface area contributed by atoms with Crippen LogP contribution in [0.15, 0.2) is 35.7 Å². The van der Waals surface area contributed by atoms with Crippen LogP contribution in [-0.4, -0.2) is 25.3 Å². The van der Waals surface area contributed by atoms with Crippen LogP contribution >= 0.6 is 11.3 Å². The first-order valence-electron chi connectivity index (χ1n) is 6.48. The second kappa shape index (κ2) is 5.41. The molecule has 0 atom stereocenters. The normalized spacial score (nSPS) is 18.4. The highest BCUT2D eigenvalue weighted by atomic mass is 32.1. The zero-order chi connectivity index (χ0) is 13.1. The van der Waals surface area contributed by atoms with E-state index in [1.54, 1.807) is 18.4 Å². The molecule has 0 unspecified atom stereocenters. The Hall–Kier alpha value is -1.23. The van der Waals surface area contributed by atoms with Gasteiger partial charge >= 0.3 is 0 Å². The van der Waals surface area contributed by atoms with Crippen LogP contribution in [0.3, 0.4) is 0 Å². The average molecular weight is 275 g/mol. The molecule has 3 nitrogen and oxygen atoms in total. The van der Waals surface area contributed by atoms with Crippen LogP contribution in [0, 0.1) is 0 Å². The molecule has 2 aromatic rings. The largest absolute Gasteiger partial charge is 0.381 e. The van der Waals surface area contributed by atoms with E-state index in [4.69, 9.17) is 14.5 Å².